The van der Waals surface area contributed by atoms with Crippen molar-refractivity contribution in [2.75, 3.05) is 17.6 Å². The van der Waals surface area contributed by atoms with Crippen molar-refractivity contribution >= 4 is 40.6 Å². The molecule has 1 aromatic carbocycles. The Balaban J connectivity index is 1.96. The third kappa shape index (κ3) is 3.52. The lowest BCUT2D eigenvalue weighted by Gasteiger charge is -2.08. The molecule has 0 fully saturated rings. The first kappa shape index (κ1) is 16.7. The fraction of sp³-hybridized carbons (Fsp3) is 0.211. The summed E-state index contributed by atoms with van der Waals surface area (Å²) in [5.41, 5.74) is 9.02. The van der Waals surface area contributed by atoms with Crippen molar-refractivity contribution in [3.05, 3.63) is 48.0 Å². The summed E-state index contributed by atoms with van der Waals surface area (Å²) in [6.45, 7) is 5.64. The zero-order valence-corrected chi connectivity index (χ0v) is 14.5. The van der Waals surface area contributed by atoms with Crippen LogP contribution in [0.15, 0.2) is 47.5 Å². The normalized spacial score (nSPS) is 11.8. The largest absolute Gasteiger partial charge is 0.384 e. The average Bonchev–Trinajstić information content (AvgIpc) is 3.04. The van der Waals surface area contributed by atoms with Crippen LogP contribution in [-0.4, -0.2) is 23.0 Å². The number of nitrogen functional groups attached to an aromatic ring is 1. The van der Waals surface area contributed by atoms with E-state index in [2.05, 4.69) is 27.4 Å². The molecule has 0 aliphatic heterocycles. The standard InChI is InChI=1S/C19H22N6/c1-3-21-15-13-16(20)25(4-2)19-17(15)18(23-24-19)22-12-8-11-14-9-6-5-7-10-14/h5-13H,3-4H2,1-2H3,(H3,20,21,23,24)/p+1. The number of anilines is 2. The van der Waals surface area contributed by atoms with E-state index in [0.29, 0.717) is 11.6 Å². The number of nitrogens with zero attached hydrogens (tertiary/aromatic N) is 3. The second-order valence-electron chi connectivity index (χ2n) is 5.58. The Labute approximate surface area is 147 Å². The van der Waals surface area contributed by atoms with Gasteiger partial charge >= 0.3 is 0 Å². The van der Waals surface area contributed by atoms with Gasteiger partial charge in [0.25, 0.3) is 5.65 Å². The van der Waals surface area contributed by atoms with Gasteiger partial charge in [-0.2, -0.15) is 5.10 Å². The average molecular weight is 335 g/mol. The summed E-state index contributed by atoms with van der Waals surface area (Å²) in [7, 11) is 0. The van der Waals surface area contributed by atoms with Crippen molar-refractivity contribution in [3.8, 4) is 0 Å². The molecule has 0 unspecified atom stereocenters. The number of pyridine rings is 1. The van der Waals surface area contributed by atoms with Gasteiger partial charge in [-0.3, -0.25) is 0 Å². The van der Waals surface area contributed by atoms with Gasteiger partial charge in [0.2, 0.25) is 5.82 Å². The Bertz CT molecular complexity index is 909. The quantitative estimate of drug-likeness (QED) is 0.477. The van der Waals surface area contributed by atoms with Crippen molar-refractivity contribution in [1.29, 1.82) is 0 Å². The van der Waals surface area contributed by atoms with E-state index in [1.165, 1.54) is 0 Å². The van der Waals surface area contributed by atoms with E-state index in [0.717, 1.165) is 35.4 Å². The molecule has 2 heterocycles. The lowest BCUT2D eigenvalue weighted by molar-refractivity contribution is -0.655. The molecule has 0 aliphatic rings. The van der Waals surface area contributed by atoms with Crippen LogP contribution in [0.4, 0.5) is 17.3 Å². The molecule has 0 bridgehead atoms. The van der Waals surface area contributed by atoms with Crippen LogP contribution in [0.25, 0.3) is 17.1 Å². The van der Waals surface area contributed by atoms with Gasteiger partial charge in [-0.05, 0) is 30.6 Å². The summed E-state index contributed by atoms with van der Waals surface area (Å²) < 4.78 is 1.96. The van der Waals surface area contributed by atoms with Crippen molar-refractivity contribution in [2.45, 2.75) is 20.4 Å². The van der Waals surface area contributed by atoms with Crippen molar-refractivity contribution in [1.82, 2.24) is 10.2 Å². The minimum atomic E-state index is 0.678. The van der Waals surface area contributed by atoms with E-state index >= 15 is 0 Å². The van der Waals surface area contributed by atoms with Gasteiger partial charge in [0.05, 0.1) is 12.2 Å². The number of benzene rings is 1. The molecule has 0 saturated heterocycles. The first-order valence-electron chi connectivity index (χ1n) is 8.44. The number of aliphatic imine (C=N–C) groups is 1. The number of hydrogen-bond acceptors (Lipinski definition) is 4. The highest BCUT2D eigenvalue weighted by atomic mass is 15.2. The predicted octanol–water partition coefficient (Wildman–Crippen LogP) is 3.30. The van der Waals surface area contributed by atoms with Gasteiger partial charge in [0.15, 0.2) is 5.82 Å². The summed E-state index contributed by atoms with van der Waals surface area (Å²) in [5, 5.41) is 11.7. The Morgan fingerprint density at radius 2 is 2.08 bits per heavy atom. The summed E-state index contributed by atoms with van der Waals surface area (Å²) in [6.07, 6.45) is 5.69. The number of aromatic nitrogens is 3. The summed E-state index contributed by atoms with van der Waals surface area (Å²) in [4.78, 5) is 4.53. The highest BCUT2D eigenvalue weighted by Crippen LogP contribution is 2.30. The van der Waals surface area contributed by atoms with Crippen molar-refractivity contribution in [2.24, 2.45) is 4.99 Å². The maximum atomic E-state index is 6.14. The maximum Gasteiger partial charge on any atom is 0.299 e. The molecule has 4 N–H and O–H groups in total. The van der Waals surface area contributed by atoms with E-state index in [-0.39, 0.29) is 0 Å². The summed E-state index contributed by atoms with van der Waals surface area (Å²) >= 11 is 0. The van der Waals surface area contributed by atoms with Crippen LogP contribution in [0.1, 0.15) is 19.4 Å². The number of hydrogen-bond donors (Lipinski definition) is 3. The molecule has 2 aromatic heterocycles. The molecule has 0 radical (unpaired) electrons. The number of nitrogens with one attached hydrogen (secondary N) is 2. The zero-order chi connectivity index (χ0) is 17.6. The number of rotatable bonds is 6. The first-order valence-corrected chi connectivity index (χ1v) is 8.44. The molecule has 3 rings (SSSR count). The number of nitrogens with two attached hydrogens (primary N) is 1. The van der Waals surface area contributed by atoms with Crippen LogP contribution in [0, 0.1) is 0 Å². The molecule has 0 amide bonds. The van der Waals surface area contributed by atoms with E-state index in [1.807, 2.05) is 60.0 Å². The number of allylic oxidation sites excluding steroid dienone is 1. The number of H-pyrrole nitrogens is 1. The van der Waals surface area contributed by atoms with Crippen LogP contribution < -0.4 is 15.6 Å². The Hall–Kier alpha value is -3.15. The molecule has 25 heavy (non-hydrogen) atoms. The summed E-state index contributed by atoms with van der Waals surface area (Å²) in [6, 6.07) is 12.0. The third-order valence-electron chi connectivity index (χ3n) is 3.92. The Kier molecular flexibility index (Phi) is 5.09. The van der Waals surface area contributed by atoms with Gasteiger partial charge < -0.3 is 11.1 Å². The topological polar surface area (TPSA) is 83.0 Å². The van der Waals surface area contributed by atoms with Gasteiger partial charge in [-0.25, -0.2) is 9.56 Å². The molecule has 0 spiro atoms. The fourth-order valence-corrected chi connectivity index (χ4v) is 2.78. The van der Waals surface area contributed by atoms with Crippen molar-refractivity contribution in [3.63, 3.8) is 0 Å². The predicted molar refractivity (Wildman–Crippen MR) is 104 cm³/mol. The van der Waals surface area contributed by atoms with E-state index in [9.17, 15) is 0 Å². The minimum Gasteiger partial charge on any atom is -0.384 e. The highest BCUT2D eigenvalue weighted by molar-refractivity contribution is 5.98. The van der Waals surface area contributed by atoms with Crippen LogP contribution in [0.2, 0.25) is 0 Å². The monoisotopic (exact) mass is 335 g/mol. The van der Waals surface area contributed by atoms with Gasteiger partial charge in [0.1, 0.15) is 5.39 Å². The molecule has 0 aliphatic carbocycles. The molecule has 0 saturated carbocycles. The molecule has 0 atom stereocenters. The molecule has 3 aromatic rings. The zero-order valence-electron chi connectivity index (χ0n) is 14.5. The highest BCUT2D eigenvalue weighted by Gasteiger charge is 2.20. The third-order valence-corrected chi connectivity index (χ3v) is 3.92. The van der Waals surface area contributed by atoms with Gasteiger partial charge in [0, 0.05) is 18.8 Å². The minimum absolute atomic E-state index is 0.678. The van der Waals surface area contributed by atoms with Crippen LogP contribution >= 0.6 is 0 Å². The second-order valence-corrected chi connectivity index (χ2v) is 5.58. The summed E-state index contributed by atoms with van der Waals surface area (Å²) in [5.74, 6) is 1.39. The SMILES string of the molecule is CCNc1cc(N)[n+](CC)c2n[nH]c(N=CC=Cc3ccccc3)c12. The lowest BCUT2D eigenvalue weighted by atomic mass is 10.2. The fourth-order valence-electron chi connectivity index (χ4n) is 2.78. The molecule has 6 nitrogen and oxygen atoms in total. The van der Waals surface area contributed by atoms with Crippen LogP contribution in [0.3, 0.4) is 0 Å². The smallest absolute Gasteiger partial charge is 0.299 e. The first-order chi connectivity index (χ1) is 12.2. The van der Waals surface area contributed by atoms with E-state index in [1.54, 1.807) is 6.21 Å². The second kappa shape index (κ2) is 7.61. The number of aryl methyl sites for hydroxylation is 1. The molecule has 6 heteroatoms. The Morgan fingerprint density at radius 3 is 2.80 bits per heavy atom. The van der Waals surface area contributed by atoms with E-state index < -0.39 is 0 Å². The molecule has 128 valence electrons. The molecular formula is C19H23N6+. The molecular weight excluding hydrogens is 312 g/mol. The lowest BCUT2D eigenvalue weighted by Crippen LogP contribution is -2.37. The Morgan fingerprint density at radius 1 is 1.28 bits per heavy atom. The van der Waals surface area contributed by atoms with Gasteiger partial charge in [-0.15, -0.1) is 0 Å². The van der Waals surface area contributed by atoms with Crippen LogP contribution in [0.5, 0.6) is 0 Å². The van der Waals surface area contributed by atoms with E-state index in [4.69, 9.17) is 5.73 Å². The van der Waals surface area contributed by atoms with Gasteiger partial charge in [-0.1, -0.05) is 36.4 Å². The van der Waals surface area contributed by atoms with Crippen LogP contribution in [-0.2, 0) is 6.54 Å². The number of fused-ring (bicyclic) bond motifs is 1. The maximum absolute atomic E-state index is 6.14. The number of aromatic amines is 1. The van der Waals surface area contributed by atoms with Crippen molar-refractivity contribution < 1.29 is 4.57 Å².